The number of amides is 2. The molecule has 1 aromatic carbocycles. The van der Waals surface area contributed by atoms with Crippen molar-refractivity contribution in [3.05, 3.63) is 53.2 Å². The minimum Gasteiger partial charge on any atom is -0.506 e. The maximum atomic E-state index is 12.4. The van der Waals surface area contributed by atoms with Crippen LogP contribution in [-0.4, -0.2) is 63.2 Å². The summed E-state index contributed by atoms with van der Waals surface area (Å²) in [6.45, 7) is 5.24. The average molecular weight is 397 g/mol. The fourth-order valence-electron chi connectivity index (χ4n) is 3.17. The van der Waals surface area contributed by atoms with Crippen LogP contribution in [0, 0.1) is 13.8 Å². The molecule has 2 amide bonds. The minimum absolute atomic E-state index is 0.0697. The number of carbonyl (C=O) groups is 2. The number of pyridine rings is 1. The van der Waals surface area contributed by atoms with Gasteiger partial charge in [-0.2, -0.15) is 0 Å². The van der Waals surface area contributed by atoms with Crippen LogP contribution in [0.1, 0.15) is 16.7 Å². The summed E-state index contributed by atoms with van der Waals surface area (Å²) >= 11 is 0. The Labute approximate surface area is 168 Å². The normalized spacial score (nSPS) is 14.3. The van der Waals surface area contributed by atoms with E-state index in [1.165, 1.54) is 23.2 Å². The Morgan fingerprint density at radius 3 is 2.24 bits per heavy atom. The molecule has 0 atom stereocenters. The van der Waals surface area contributed by atoms with Crippen molar-refractivity contribution in [2.24, 2.45) is 0 Å². The summed E-state index contributed by atoms with van der Waals surface area (Å²) in [6, 6.07) is 6.92. The lowest BCUT2D eigenvalue weighted by molar-refractivity contribution is -0.127. The fourth-order valence-corrected chi connectivity index (χ4v) is 3.17. The zero-order valence-electron chi connectivity index (χ0n) is 16.3. The topological polar surface area (TPSA) is 103 Å². The molecule has 0 unspecified atom stereocenters. The second-order valence-corrected chi connectivity index (χ2v) is 6.87. The van der Waals surface area contributed by atoms with Gasteiger partial charge >= 0.3 is 6.09 Å². The third kappa shape index (κ3) is 5.04. The summed E-state index contributed by atoms with van der Waals surface area (Å²) in [7, 11) is 0. The van der Waals surface area contributed by atoms with Crippen LogP contribution in [0.3, 0.4) is 0 Å². The number of benzene rings is 1. The first-order valence-electron chi connectivity index (χ1n) is 9.22. The highest BCUT2D eigenvalue weighted by atomic mass is 16.5. The molecule has 0 bridgehead atoms. The third-order valence-corrected chi connectivity index (χ3v) is 4.69. The van der Waals surface area contributed by atoms with Crippen LogP contribution in [0.5, 0.6) is 17.4 Å². The predicted molar refractivity (Wildman–Crippen MR) is 107 cm³/mol. The first-order chi connectivity index (χ1) is 13.8. The van der Waals surface area contributed by atoms with Gasteiger partial charge in [0.15, 0.2) is 0 Å². The number of aromatic hydroxyl groups is 1. The van der Waals surface area contributed by atoms with Gasteiger partial charge in [0.1, 0.15) is 11.5 Å². The van der Waals surface area contributed by atoms with Crippen molar-refractivity contribution in [2.45, 2.75) is 13.8 Å². The molecule has 1 fully saturated rings. The molecule has 0 aliphatic carbocycles. The highest BCUT2D eigenvalue weighted by molar-refractivity contribution is 5.92. The number of aromatic nitrogens is 1. The molecule has 1 saturated heterocycles. The molecule has 8 heteroatoms. The van der Waals surface area contributed by atoms with E-state index in [2.05, 4.69) is 4.98 Å². The van der Waals surface area contributed by atoms with E-state index in [1.54, 1.807) is 17.0 Å². The number of carbonyl (C=O) groups excluding carboxylic acids is 1. The van der Waals surface area contributed by atoms with Gasteiger partial charge in [0.2, 0.25) is 11.8 Å². The zero-order chi connectivity index (χ0) is 21.0. The molecule has 0 spiro atoms. The predicted octanol–water partition coefficient (Wildman–Crippen LogP) is 3.03. The standard InChI is InChI=1S/C21H23N3O5/c1-14-11-16(3-6-19(26)23-7-9-24(10-8-23)21(27)28)12-15(2)20(14)29-18-5-4-17(25)13-22-18/h3-6,11-13,25H,7-10H2,1-2H3,(H,27,28)/b6-3+. The van der Waals surface area contributed by atoms with Gasteiger partial charge in [0, 0.05) is 38.3 Å². The number of aryl methyl sites for hydroxylation is 2. The molecule has 2 heterocycles. The first-order valence-corrected chi connectivity index (χ1v) is 9.22. The number of hydrogen-bond acceptors (Lipinski definition) is 5. The molecular weight excluding hydrogens is 374 g/mol. The highest BCUT2D eigenvalue weighted by Crippen LogP contribution is 2.29. The van der Waals surface area contributed by atoms with Gasteiger partial charge in [-0.3, -0.25) is 4.79 Å². The van der Waals surface area contributed by atoms with Gasteiger partial charge in [-0.15, -0.1) is 0 Å². The van der Waals surface area contributed by atoms with E-state index in [9.17, 15) is 14.7 Å². The van der Waals surface area contributed by atoms with Gasteiger partial charge in [-0.05, 0) is 54.8 Å². The van der Waals surface area contributed by atoms with E-state index < -0.39 is 6.09 Å². The smallest absolute Gasteiger partial charge is 0.407 e. The quantitative estimate of drug-likeness (QED) is 0.769. The van der Waals surface area contributed by atoms with Crippen molar-refractivity contribution in [1.29, 1.82) is 0 Å². The van der Waals surface area contributed by atoms with Gasteiger partial charge in [-0.25, -0.2) is 9.78 Å². The zero-order valence-corrected chi connectivity index (χ0v) is 16.3. The summed E-state index contributed by atoms with van der Waals surface area (Å²) in [5.74, 6) is 0.990. The summed E-state index contributed by atoms with van der Waals surface area (Å²) in [6.07, 6.45) is 3.61. The number of rotatable bonds is 4. The van der Waals surface area contributed by atoms with E-state index in [0.29, 0.717) is 37.8 Å². The molecule has 152 valence electrons. The largest absolute Gasteiger partial charge is 0.506 e. The van der Waals surface area contributed by atoms with Crippen LogP contribution in [-0.2, 0) is 4.79 Å². The molecule has 2 N–H and O–H groups in total. The van der Waals surface area contributed by atoms with Gasteiger partial charge < -0.3 is 24.7 Å². The molecule has 3 rings (SSSR count). The molecule has 1 aliphatic rings. The molecule has 0 saturated carbocycles. The van der Waals surface area contributed by atoms with Crippen molar-refractivity contribution in [3.63, 3.8) is 0 Å². The average Bonchev–Trinajstić information content (AvgIpc) is 2.70. The van der Waals surface area contributed by atoms with Gasteiger partial charge in [-0.1, -0.05) is 0 Å². The van der Waals surface area contributed by atoms with Crippen LogP contribution in [0.25, 0.3) is 6.08 Å². The van der Waals surface area contributed by atoms with Crippen molar-refractivity contribution in [2.75, 3.05) is 26.2 Å². The van der Waals surface area contributed by atoms with E-state index >= 15 is 0 Å². The monoisotopic (exact) mass is 397 g/mol. The Bertz CT molecular complexity index is 909. The molecule has 0 radical (unpaired) electrons. The van der Waals surface area contributed by atoms with Crippen molar-refractivity contribution < 1.29 is 24.5 Å². The fraction of sp³-hybridized carbons (Fsp3) is 0.286. The van der Waals surface area contributed by atoms with Gasteiger partial charge in [0.25, 0.3) is 0 Å². The van der Waals surface area contributed by atoms with Crippen molar-refractivity contribution in [1.82, 2.24) is 14.8 Å². The molecule has 1 aliphatic heterocycles. The van der Waals surface area contributed by atoms with E-state index in [-0.39, 0.29) is 11.7 Å². The second-order valence-electron chi connectivity index (χ2n) is 6.87. The lowest BCUT2D eigenvalue weighted by atomic mass is 10.1. The molecular formula is C21H23N3O5. The number of ether oxygens (including phenoxy) is 1. The number of nitrogens with zero attached hydrogens (tertiary/aromatic N) is 3. The lowest BCUT2D eigenvalue weighted by Gasteiger charge is -2.32. The summed E-state index contributed by atoms with van der Waals surface area (Å²) in [4.78, 5) is 30.3. The van der Waals surface area contributed by atoms with E-state index in [0.717, 1.165) is 16.7 Å². The summed E-state index contributed by atoms with van der Waals surface area (Å²) < 4.78 is 5.83. The lowest BCUT2D eigenvalue weighted by Crippen LogP contribution is -2.49. The van der Waals surface area contributed by atoms with Crippen molar-refractivity contribution >= 4 is 18.1 Å². The first kappa shape index (κ1) is 20.2. The molecule has 1 aromatic heterocycles. The van der Waals surface area contributed by atoms with Gasteiger partial charge in [0.05, 0.1) is 6.20 Å². The Balaban J connectivity index is 1.66. The maximum absolute atomic E-state index is 12.4. The number of carboxylic acid groups (broad SMARTS) is 1. The number of hydrogen-bond donors (Lipinski definition) is 2. The van der Waals surface area contributed by atoms with Crippen LogP contribution >= 0.6 is 0 Å². The Hall–Kier alpha value is -3.55. The summed E-state index contributed by atoms with van der Waals surface area (Å²) in [5, 5.41) is 18.3. The van der Waals surface area contributed by atoms with E-state index in [4.69, 9.17) is 9.84 Å². The van der Waals surface area contributed by atoms with Crippen LogP contribution in [0.4, 0.5) is 4.79 Å². The molecule has 29 heavy (non-hydrogen) atoms. The Morgan fingerprint density at radius 1 is 1.07 bits per heavy atom. The van der Waals surface area contributed by atoms with Crippen LogP contribution in [0.15, 0.2) is 36.5 Å². The summed E-state index contributed by atoms with van der Waals surface area (Å²) in [5.41, 5.74) is 2.65. The maximum Gasteiger partial charge on any atom is 0.407 e. The molecule has 2 aromatic rings. The van der Waals surface area contributed by atoms with E-state index in [1.807, 2.05) is 26.0 Å². The minimum atomic E-state index is -0.955. The van der Waals surface area contributed by atoms with Crippen molar-refractivity contribution in [3.8, 4) is 17.4 Å². The Kier molecular flexibility index (Phi) is 6.01. The Morgan fingerprint density at radius 2 is 1.69 bits per heavy atom. The highest BCUT2D eigenvalue weighted by Gasteiger charge is 2.22. The van der Waals surface area contributed by atoms with Crippen LogP contribution in [0.2, 0.25) is 0 Å². The molecule has 8 nitrogen and oxygen atoms in total. The van der Waals surface area contributed by atoms with Crippen LogP contribution < -0.4 is 4.74 Å². The number of piperazine rings is 1. The SMILES string of the molecule is Cc1cc(/C=C/C(=O)N2CCN(C(=O)O)CC2)cc(C)c1Oc1ccc(O)cn1. The second kappa shape index (κ2) is 8.64. The third-order valence-electron chi connectivity index (χ3n) is 4.69.